The van der Waals surface area contributed by atoms with Gasteiger partial charge >= 0.3 is 0 Å². The molecule has 1 aromatic heterocycles. The van der Waals surface area contributed by atoms with Gasteiger partial charge in [-0.1, -0.05) is 7.92 Å². The first-order chi connectivity index (χ1) is 4.72. The minimum absolute atomic E-state index is 0.0744. The summed E-state index contributed by atoms with van der Waals surface area (Å²) in [6.45, 7) is 4.39. The van der Waals surface area contributed by atoms with Crippen molar-refractivity contribution in [3.63, 3.8) is 0 Å². The van der Waals surface area contributed by atoms with Crippen LogP contribution in [0, 0.1) is 0 Å². The Balaban J connectivity index is 3.03. The van der Waals surface area contributed by atoms with E-state index in [0.29, 0.717) is 0 Å². The molecule has 10 heavy (non-hydrogen) atoms. The molecule has 1 nitrogen and oxygen atoms in total. The van der Waals surface area contributed by atoms with Crippen LogP contribution in [-0.4, -0.2) is 18.3 Å². The fraction of sp³-hybridized carbons (Fsp3) is 0.286. The van der Waals surface area contributed by atoms with Gasteiger partial charge in [-0.15, -0.1) is 0 Å². The number of hydrogen-bond donors (Lipinski definition) is 0. The quantitative estimate of drug-likeness (QED) is 0.658. The van der Waals surface area contributed by atoms with Crippen LogP contribution in [0.15, 0.2) is 22.8 Å². The lowest BCUT2D eigenvalue weighted by Gasteiger charge is -2.05. The largest absolute Gasteiger partial charge is 0.255 e. The highest BCUT2D eigenvalue weighted by atomic mass is 79.9. The highest BCUT2D eigenvalue weighted by Crippen LogP contribution is 2.25. The SMILES string of the molecule is CP(C)c1ncccc1Br. The second kappa shape index (κ2) is 3.45. The topological polar surface area (TPSA) is 12.9 Å². The summed E-state index contributed by atoms with van der Waals surface area (Å²) in [7, 11) is -0.0744. The van der Waals surface area contributed by atoms with E-state index < -0.39 is 0 Å². The van der Waals surface area contributed by atoms with Gasteiger partial charge in [0.15, 0.2) is 0 Å². The van der Waals surface area contributed by atoms with Gasteiger partial charge in [0.2, 0.25) is 0 Å². The second-order valence-electron chi connectivity index (χ2n) is 2.20. The maximum atomic E-state index is 4.26. The van der Waals surface area contributed by atoms with Crippen molar-refractivity contribution in [1.29, 1.82) is 0 Å². The highest BCUT2D eigenvalue weighted by molar-refractivity contribution is 9.10. The summed E-state index contributed by atoms with van der Waals surface area (Å²) >= 11 is 3.45. The molecule has 0 aliphatic heterocycles. The Morgan fingerprint density at radius 1 is 1.50 bits per heavy atom. The lowest BCUT2D eigenvalue weighted by atomic mass is 10.5. The highest BCUT2D eigenvalue weighted by Gasteiger charge is 2.02. The third-order valence-electron chi connectivity index (χ3n) is 1.16. The van der Waals surface area contributed by atoms with Gasteiger partial charge in [-0.3, -0.25) is 4.98 Å². The fourth-order valence-corrected chi connectivity index (χ4v) is 2.82. The summed E-state index contributed by atoms with van der Waals surface area (Å²) < 4.78 is 1.13. The molecule has 1 heterocycles. The van der Waals surface area contributed by atoms with Crippen LogP contribution in [0.2, 0.25) is 0 Å². The normalized spacial score (nSPS) is 10.4. The zero-order valence-corrected chi connectivity index (χ0v) is 8.48. The van der Waals surface area contributed by atoms with Gasteiger partial charge in [0, 0.05) is 10.7 Å². The average molecular weight is 218 g/mol. The lowest BCUT2D eigenvalue weighted by molar-refractivity contribution is 1.37. The monoisotopic (exact) mass is 217 g/mol. The molecule has 0 radical (unpaired) electrons. The van der Waals surface area contributed by atoms with Gasteiger partial charge in [-0.05, 0) is 41.4 Å². The molecule has 0 spiro atoms. The smallest absolute Gasteiger partial charge is 0.0766 e. The van der Waals surface area contributed by atoms with Crippen molar-refractivity contribution in [3.8, 4) is 0 Å². The predicted molar refractivity (Wildman–Crippen MR) is 50.3 cm³/mol. The van der Waals surface area contributed by atoms with E-state index in [0.717, 1.165) is 4.47 Å². The van der Waals surface area contributed by atoms with Gasteiger partial charge in [0.05, 0.1) is 5.44 Å². The Morgan fingerprint density at radius 3 is 2.60 bits per heavy atom. The third kappa shape index (κ3) is 1.77. The van der Waals surface area contributed by atoms with Gasteiger partial charge in [0.1, 0.15) is 0 Å². The Bertz CT molecular complexity index is 225. The first-order valence-corrected chi connectivity index (χ1v) is 6.02. The summed E-state index contributed by atoms with van der Waals surface area (Å²) in [6.07, 6.45) is 1.84. The van der Waals surface area contributed by atoms with E-state index in [9.17, 15) is 0 Å². The maximum Gasteiger partial charge on any atom is 0.0766 e. The van der Waals surface area contributed by atoms with Gasteiger partial charge in [-0.2, -0.15) is 0 Å². The van der Waals surface area contributed by atoms with Crippen molar-refractivity contribution >= 4 is 29.3 Å². The summed E-state index contributed by atoms with van der Waals surface area (Å²) in [5.41, 5.74) is 1.19. The van der Waals surface area contributed by atoms with Crippen LogP contribution in [-0.2, 0) is 0 Å². The molecule has 0 aliphatic rings. The molecular weight excluding hydrogens is 209 g/mol. The Labute approximate surface area is 70.7 Å². The van der Waals surface area contributed by atoms with Crippen LogP contribution in [0.25, 0.3) is 0 Å². The van der Waals surface area contributed by atoms with Gasteiger partial charge < -0.3 is 0 Å². The van der Waals surface area contributed by atoms with Crippen LogP contribution >= 0.6 is 23.9 Å². The minimum atomic E-state index is -0.0744. The third-order valence-corrected chi connectivity index (χ3v) is 3.31. The predicted octanol–water partition coefficient (Wildman–Crippen LogP) is 2.21. The Kier molecular flexibility index (Phi) is 2.82. The molecule has 0 unspecified atom stereocenters. The first kappa shape index (κ1) is 8.16. The van der Waals surface area contributed by atoms with Crippen molar-refractivity contribution in [2.45, 2.75) is 0 Å². The number of halogens is 1. The molecular formula is C7H9BrNP. The van der Waals surface area contributed by atoms with Crippen LogP contribution in [0.5, 0.6) is 0 Å². The van der Waals surface area contributed by atoms with E-state index >= 15 is 0 Å². The molecule has 0 saturated heterocycles. The van der Waals surface area contributed by atoms with Crippen molar-refractivity contribution < 1.29 is 0 Å². The van der Waals surface area contributed by atoms with Crippen molar-refractivity contribution in [2.24, 2.45) is 0 Å². The second-order valence-corrected chi connectivity index (χ2v) is 5.27. The Hall–Kier alpha value is 0.0600. The number of rotatable bonds is 1. The van der Waals surface area contributed by atoms with E-state index in [1.54, 1.807) is 0 Å². The molecule has 1 aromatic rings. The zero-order chi connectivity index (χ0) is 7.56. The first-order valence-electron chi connectivity index (χ1n) is 2.99. The lowest BCUT2D eigenvalue weighted by Crippen LogP contribution is -2.05. The molecule has 3 heteroatoms. The van der Waals surface area contributed by atoms with Crippen molar-refractivity contribution in [3.05, 3.63) is 22.8 Å². The zero-order valence-electron chi connectivity index (χ0n) is 6.00. The van der Waals surface area contributed by atoms with Gasteiger partial charge in [-0.25, -0.2) is 0 Å². The fourth-order valence-electron chi connectivity index (χ4n) is 0.706. The molecule has 0 aromatic carbocycles. The van der Waals surface area contributed by atoms with Crippen LogP contribution in [0.4, 0.5) is 0 Å². The van der Waals surface area contributed by atoms with E-state index in [1.807, 2.05) is 18.3 Å². The summed E-state index contributed by atoms with van der Waals surface area (Å²) in [4.78, 5) is 4.26. The number of nitrogens with zero attached hydrogens (tertiary/aromatic N) is 1. The summed E-state index contributed by atoms with van der Waals surface area (Å²) in [5.74, 6) is 0. The average Bonchev–Trinajstić information content (AvgIpc) is 1.88. The Morgan fingerprint density at radius 2 is 2.20 bits per heavy atom. The molecule has 0 fully saturated rings. The minimum Gasteiger partial charge on any atom is -0.255 e. The molecule has 0 amide bonds. The molecule has 0 aliphatic carbocycles. The van der Waals surface area contributed by atoms with Gasteiger partial charge in [0.25, 0.3) is 0 Å². The molecule has 0 saturated carbocycles. The van der Waals surface area contributed by atoms with E-state index in [4.69, 9.17) is 0 Å². The van der Waals surface area contributed by atoms with E-state index in [-0.39, 0.29) is 7.92 Å². The number of hydrogen-bond acceptors (Lipinski definition) is 1. The van der Waals surface area contributed by atoms with E-state index in [1.165, 1.54) is 5.44 Å². The number of pyridine rings is 1. The van der Waals surface area contributed by atoms with E-state index in [2.05, 4.69) is 34.2 Å². The molecule has 1 rings (SSSR count). The van der Waals surface area contributed by atoms with Crippen molar-refractivity contribution in [2.75, 3.05) is 13.3 Å². The summed E-state index contributed by atoms with van der Waals surface area (Å²) in [5, 5.41) is 0. The number of aromatic nitrogens is 1. The maximum absolute atomic E-state index is 4.26. The molecule has 54 valence electrons. The summed E-state index contributed by atoms with van der Waals surface area (Å²) in [6, 6.07) is 3.97. The molecule has 0 N–H and O–H groups in total. The van der Waals surface area contributed by atoms with Crippen LogP contribution in [0.3, 0.4) is 0 Å². The molecule has 0 atom stereocenters. The van der Waals surface area contributed by atoms with Crippen LogP contribution in [0.1, 0.15) is 0 Å². The molecule has 0 bridgehead atoms. The van der Waals surface area contributed by atoms with Crippen molar-refractivity contribution in [1.82, 2.24) is 4.98 Å². The standard InChI is InChI=1S/C7H9BrNP/c1-10(2)7-6(8)4-3-5-9-7/h3-5H,1-2H3. The van der Waals surface area contributed by atoms with Crippen LogP contribution < -0.4 is 5.44 Å².